The predicted octanol–water partition coefficient (Wildman–Crippen LogP) is 3.97. The molecule has 0 spiro atoms. The molecule has 5 heteroatoms. The maximum atomic E-state index is 5.08. The van der Waals surface area contributed by atoms with Crippen molar-refractivity contribution in [2.45, 2.75) is 0 Å². The van der Waals surface area contributed by atoms with Crippen molar-refractivity contribution in [3.8, 4) is 10.4 Å². The van der Waals surface area contributed by atoms with Crippen molar-refractivity contribution in [3.05, 3.63) is 54.7 Å². The van der Waals surface area contributed by atoms with Gasteiger partial charge in [-0.3, -0.25) is 0 Å². The second kappa shape index (κ2) is 5.86. The minimum absolute atomic E-state index is 1.03. The molecule has 4 heterocycles. The van der Waals surface area contributed by atoms with E-state index in [0.29, 0.717) is 0 Å². The minimum atomic E-state index is 1.03. The number of benzene rings is 1. The summed E-state index contributed by atoms with van der Waals surface area (Å²) in [5.74, 6) is 1.12. The molecule has 1 aromatic carbocycles. The fraction of sp³-hybridized carbons (Fsp3) is 0.250. The van der Waals surface area contributed by atoms with E-state index in [-0.39, 0.29) is 0 Å². The van der Waals surface area contributed by atoms with Crippen molar-refractivity contribution in [2.24, 2.45) is 0 Å². The summed E-state index contributed by atoms with van der Waals surface area (Å²) < 4.78 is 2.29. The molecule has 0 radical (unpaired) electrons. The Morgan fingerprint density at radius 1 is 0.920 bits per heavy atom. The molecule has 126 valence electrons. The van der Waals surface area contributed by atoms with Crippen LogP contribution >= 0.6 is 11.3 Å². The largest absolute Gasteiger partial charge is 0.352 e. The Balaban J connectivity index is 1.67. The number of nitrogens with zero attached hydrogens (tertiary/aromatic N) is 4. The van der Waals surface area contributed by atoms with Gasteiger partial charge in [-0.25, -0.2) is 4.98 Å². The number of rotatable bonds is 2. The van der Waals surface area contributed by atoms with Gasteiger partial charge in [0.2, 0.25) is 0 Å². The SMILES string of the molecule is CN1CCN(c2nc3sc(-c4ccccc4)cc3n3cccc23)CC1. The van der Waals surface area contributed by atoms with Crippen LogP contribution in [-0.2, 0) is 0 Å². The number of anilines is 1. The van der Waals surface area contributed by atoms with Crippen LogP contribution in [0.15, 0.2) is 54.7 Å². The highest BCUT2D eigenvalue weighted by molar-refractivity contribution is 7.21. The Morgan fingerprint density at radius 2 is 1.72 bits per heavy atom. The number of fused-ring (bicyclic) bond motifs is 3. The zero-order chi connectivity index (χ0) is 16.8. The van der Waals surface area contributed by atoms with Crippen molar-refractivity contribution in [2.75, 3.05) is 38.1 Å². The van der Waals surface area contributed by atoms with Crippen LogP contribution < -0.4 is 4.90 Å². The second-order valence-electron chi connectivity index (χ2n) is 6.66. The van der Waals surface area contributed by atoms with Crippen LogP contribution in [0.1, 0.15) is 0 Å². The molecule has 1 fully saturated rings. The van der Waals surface area contributed by atoms with Gasteiger partial charge in [-0.15, -0.1) is 11.3 Å². The van der Waals surface area contributed by atoms with Crippen molar-refractivity contribution >= 4 is 33.0 Å². The Kier molecular flexibility index (Phi) is 3.50. The van der Waals surface area contributed by atoms with Gasteiger partial charge in [0, 0.05) is 37.3 Å². The van der Waals surface area contributed by atoms with Crippen LogP contribution in [0.25, 0.3) is 26.3 Å². The average Bonchev–Trinajstić information content (AvgIpc) is 3.29. The summed E-state index contributed by atoms with van der Waals surface area (Å²) in [7, 11) is 2.19. The molecule has 0 bridgehead atoms. The Morgan fingerprint density at radius 3 is 2.52 bits per heavy atom. The Bertz CT molecular complexity index is 1030. The summed E-state index contributed by atoms with van der Waals surface area (Å²) in [5.41, 5.74) is 3.66. The molecule has 1 aliphatic rings. The van der Waals surface area contributed by atoms with E-state index in [4.69, 9.17) is 4.98 Å². The number of thiophene rings is 1. The molecular formula is C20H20N4S. The Hall–Kier alpha value is -2.37. The van der Waals surface area contributed by atoms with Crippen molar-refractivity contribution in [1.29, 1.82) is 0 Å². The summed E-state index contributed by atoms with van der Waals surface area (Å²) in [6.07, 6.45) is 2.15. The summed E-state index contributed by atoms with van der Waals surface area (Å²) in [5, 5.41) is 0. The third-order valence-corrected chi connectivity index (χ3v) is 6.07. The highest BCUT2D eigenvalue weighted by atomic mass is 32.1. The van der Waals surface area contributed by atoms with E-state index < -0.39 is 0 Å². The van der Waals surface area contributed by atoms with Crippen molar-refractivity contribution < 1.29 is 0 Å². The number of hydrogen-bond donors (Lipinski definition) is 0. The number of hydrogen-bond acceptors (Lipinski definition) is 4. The maximum Gasteiger partial charge on any atom is 0.154 e. The fourth-order valence-corrected chi connectivity index (χ4v) is 4.57. The lowest BCUT2D eigenvalue weighted by Gasteiger charge is -2.33. The quantitative estimate of drug-likeness (QED) is 0.548. The van der Waals surface area contributed by atoms with Gasteiger partial charge in [0.1, 0.15) is 4.83 Å². The van der Waals surface area contributed by atoms with Crippen LogP contribution in [0.2, 0.25) is 0 Å². The van der Waals surface area contributed by atoms with Crippen molar-refractivity contribution in [1.82, 2.24) is 14.3 Å². The van der Waals surface area contributed by atoms with Gasteiger partial charge in [-0.05, 0) is 30.8 Å². The molecule has 0 N–H and O–H groups in total. The molecule has 4 nitrogen and oxygen atoms in total. The first-order valence-corrected chi connectivity index (χ1v) is 9.51. The van der Waals surface area contributed by atoms with E-state index >= 15 is 0 Å². The first-order valence-electron chi connectivity index (χ1n) is 8.69. The van der Waals surface area contributed by atoms with Crippen LogP contribution in [-0.4, -0.2) is 47.5 Å². The van der Waals surface area contributed by atoms with E-state index in [1.807, 2.05) is 0 Å². The number of likely N-dealkylation sites (N-methyl/N-ethyl adjacent to an activating group) is 1. The summed E-state index contributed by atoms with van der Waals surface area (Å²) >= 11 is 1.78. The molecule has 0 saturated carbocycles. The maximum absolute atomic E-state index is 5.08. The van der Waals surface area contributed by atoms with Gasteiger partial charge in [0.15, 0.2) is 5.82 Å². The fourth-order valence-electron chi connectivity index (χ4n) is 3.55. The molecule has 0 unspecified atom stereocenters. The minimum Gasteiger partial charge on any atom is -0.352 e. The predicted molar refractivity (Wildman–Crippen MR) is 106 cm³/mol. The average molecular weight is 348 g/mol. The van der Waals surface area contributed by atoms with Gasteiger partial charge >= 0.3 is 0 Å². The standard InChI is InChI=1S/C20H20N4S/c1-22-10-12-23(13-11-22)19-16-8-5-9-24(16)17-14-18(25-20(17)21-19)15-6-3-2-4-7-15/h2-9,14H,10-13H2,1H3. The van der Waals surface area contributed by atoms with E-state index in [2.05, 4.69) is 76.0 Å². The third kappa shape index (κ3) is 2.51. The third-order valence-electron chi connectivity index (χ3n) is 5.00. The van der Waals surface area contributed by atoms with E-state index in [1.54, 1.807) is 11.3 Å². The highest BCUT2D eigenvalue weighted by Crippen LogP contribution is 2.35. The molecule has 0 amide bonds. The zero-order valence-electron chi connectivity index (χ0n) is 14.2. The van der Waals surface area contributed by atoms with E-state index in [9.17, 15) is 0 Å². The molecule has 5 rings (SSSR count). The summed E-state index contributed by atoms with van der Waals surface area (Å²) in [4.78, 5) is 12.3. The molecule has 3 aromatic heterocycles. The normalized spacial score (nSPS) is 16.1. The lowest BCUT2D eigenvalue weighted by molar-refractivity contribution is 0.312. The molecule has 4 aromatic rings. The molecular weight excluding hydrogens is 328 g/mol. The van der Waals surface area contributed by atoms with Crippen LogP contribution in [0.4, 0.5) is 5.82 Å². The molecule has 1 aliphatic heterocycles. The van der Waals surface area contributed by atoms with E-state index in [0.717, 1.165) is 36.8 Å². The lowest BCUT2D eigenvalue weighted by atomic mass is 10.2. The first-order chi connectivity index (χ1) is 12.3. The summed E-state index contributed by atoms with van der Waals surface area (Å²) in [6, 6.07) is 17.1. The topological polar surface area (TPSA) is 23.8 Å². The molecule has 1 saturated heterocycles. The van der Waals surface area contributed by atoms with Gasteiger partial charge in [-0.2, -0.15) is 0 Å². The zero-order valence-corrected chi connectivity index (χ0v) is 15.0. The monoisotopic (exact) mass is 348 g/mol. The number of piperazine rings is 1. The van der Waals surface area contributed by atoms with Gasteiger partial charge in [-0.1, -0.05) is 30.3 Å². The van der Waals surface area contributed by atoms with Crippen LogP contribution in [0.5, 0.6) is 0 Å². The van der Waals surface area contributed by atoms with Gasteiger partial charge < -0.3 is 14.2 Å². The summed E-state index contributed by atoms with van der Waals surface area (Å²) in [6.45, 7) is 4.25. The molecule has 25 heavy (non-hydrogen) atoms. The molecule has 0 atom stereocenters. The smallest absolute Gasteiger partial charge is 0.154 e. The lowest BCUT2D eigenvalue weighted by Crippen LogP contribution is -2.45. The number of aromatic nitrogens is 2. The highest BCUT2D eigenvalue weighted by Gasteiger charge is 2.20. The van der Waals surface area contributed by atoms with Crippen molar-refractivity contribution in [3.63, 3.8) is 0 Å². The first kappa shape index (κ1) is 14.9. The second-order valence-corrected chi connectivity index (χ2v) is 7.69. The van der Waals surface area contributed by atoms with Crippen LogP contribution in [0.3, 0.4) is 0 Å². The molecule has 0 aliphatic carbocycles. The van der Waals surface area contributed by atoms with Gasteiger partial charge in [0.05, 0.1) is 11.0 Å². The Labute approximate surface area is 150 Å². The van der Waals surface area contributed by atoms with Gasteiger partial charge in [0.25, 0.3) is 0 Å². The van der Waals surface area contributed by atoms with E-state index in [1.165, 1.54) is 21.5 Å². The van der Waals surface area contributed by atoms with Crippen LogP contribution in [0, 0.1) is 0 Å².